The van der Waals surface area contributed by atoms with Gasteiger partial charge in [0.2, 0.25) is 5.91 Å². The number of aromatic nitrogens is 2. The predicted molar refractivity (Wildman–Crippen MR) is 60.5 cm³/mol. The van der Waals surface area contributed by atoms with Crippen molar-refractivity contribution in [2.75, 3.05) is 11.4 Å². The zero-order chi connectivity index (χ0) is 12.4. The van der Waals surface area contributed by atoms with Gasteiger partial charge in [0, 0.05) is 25.1 Å². The first-order valence-corrected chi connectivity index (χ1v) is 5.27. The Labute approximate surface area is 98.1 Å². The molecule has 17 heavy (non-hydrogen) atoms. The standard InChI is InChI=1S/C11H13N3O3/c1-2-8-3-10(15)14(5-8)9-4-12-13(6-9)7-11(16)17/h2,4,6,8H,1,3,5,7H2,(H,16,17). The fourth-order valence-corrected chi connectivity index (χ4v) is 1.86. The number of carboxylic acids is 1. The largest absolute Gasteiger partial charge is 0.480 e. The highest BCUT2D eigenvalue weighted by Crippen LogP contribution is 2.24. The van der Waals surface area contributed by atoms with Crippen molar-refractivity contribution >= 4 is 17.6 Å². The van der Waals surface area contributed by atoms with Crippen molar-refractivity contribution < 1.29 is 14.7 Å². The molecule has 0 bridgehead atoms. The number of carboxylic acid groups (broad SMARTS) is 1. The highest BCUT2D eigenvalue weighted by molar-refractivity contribution is 5.95. The minimum absolute atomic E-state index is 0.0183. The van der Waals surface area contributed by atoms with E-state index >= 15 is 0 Å². The van der Waals surface area contributed by atoms with Gasteiger partial charge >= 0.3 is 5.97 Å². The molecule has 1 atom stereocenters. The van der Waals surface area contributed by atoms with E-state index in [1.807, 2.05) is 0 Å². The Kier molecular flexibility index (Phi) is 2.95. The Morgan fingerprint density at radius 3 is 3.06 bits per heavy atom. The number of amides is 1. The fraction of sp³-hybridized carbons (Fsp3) is 0.364. The van der Waals surface area contributed by atoms with Crippen LogP contribution in [0.5, 0.6) is 0 Å². The molecule has 0 radical (unpaired) electrons. The van der Waals surface area contributed by atoms with E-state index in [1.165, 1.54) is 10.9 Å². The molecule has 6 heteroatoms. The summed E-state index contributed by atoms with van der Waals surface area (Å²) in [5.41, 5.74) is 0.639. The topological polar surface area (TPSA) is 75.4 Å². The van der Waals surface area contributed by atoms with Crippen molar-refractivity contribution in [1.82, 2.24) is 9.78 Å². The molecule has 1 fully saturated rings. The lowest BCUT2D eigenvalue weighted by atomic mass is 10.1. The summed E-state index contributed by atoms with van der Waals surface area (Å²) in [5, 5.41) is 12.5. The van der Waals surface area contributed by atoms with Crippen molar-refractivity contribution in [1.29, 1.82) is 0 Å². The minimum Gasteiger partial charge on any atom is -0.480 e. The lowest BCUT2D eigenvalue weighted by Crippen LogP contribution is -2.23. The molecule has 2 heterocycles. The summed E-state index contributed by atoms with van der Waals surface area (Å²) in [6, 6.07) is 0. The lowest BCUT2D eigenvalue weighted by Gasteiger charge is -2.12. The molecule has 90 valence electrons. The van der Waals surface area contributed by atoms with Gasteiger partial charge in [0.25, 0.3) is 0 Å². The number of carbonyl (C=O) groups is 2. The number of rotatable bonds is 4. The Hall–Kier alpha value is -2.11. The van der Waals surface area contributed by atoms with Gasteiger partial charge in [-0.25, -0.2) is 0 Å². The Balaban J connectivity index is 2.12. The maximum absolute atomic E-state index is 11.7. The van der Waals surface area contributed by atoms with Crippen LogP contribution in [0.1, 0.15) is 6.42 Å². The monoisotopic (exact) mass is 235 g/mol. The summed E-state index contributed by atoms with van der Waals surface area (Å²) in [7, 11) is 0. The van der Waals surface area contributed by atoms with Crippen LogP contribution in [0, 0.1) is 5.92 Å². The molecule has 1 aliphatic heterocycles. The van der Waals surface area contributed by atoms with Gasteiger partial charge in [0.15, 0.2) is 0 Å². The number of anilines is 1. The van der Waals surface area contributed by atoms with Gasteiger partial charge < -0.3 is 10.0 Å². The average molecular weight is 235 g/mol. The van der Waals surface area contributed by atoms with Gasteiger partial charge in [0.1, 0.15) is 6.54 Å². The van der Waals surface area contributed by atoms with E-state index in [9.17, 15) is 9.59 Å². The lowest BCUT2D eigenvalue weighted by molar-refractivity contribution is -0.137. The van der Waals surface area contributed by atoms with Gasteiger partial charge in [-0.1, -0.05) is 6.08 Å². The molecule has 1 N–H and O–H groups in total. The third-order valence-electron chi connectivity index (χ3n) is 2.72. The van der Waals surface area contributed by atoms with Crippen molar-refractivity contribution in [3.8, 4) is 0 Å². The Morgan fingerprint density at radius 1 is 1.71 bits per heavy atom. The maximum Gasteiger partial charge on any atom is 0.325 e. The predicted octanol–water partition coefficient (Wildman–Crippen LogP) is 0.507. The van der Waals surface area contributed by atoms with Crippen LogP contribution in [-0.2, 0) is 16.1 Å². The first-order valence-electron chi connectivity index (χ1n) is 5.27. The zero-order valence-corrected chi connectivity index (χ0v) is 9.24. The first-order chi connectivity index (χ1) is 8.10. The van der Waals surface area contributed by atoms with E-state index in [1.54, 1.807) is 17.2 Å². The molecule has 1 aromatic heterocycles. The molecule has 6 nitrogen and oxygen atoms in total. The summed E-state index contributed by atoms with van der Waals surface area (Å²) in [5.74, 6) is -0.786. The van der Waals surface area contributed by atoms with E-state index in [4.69, 9.17) is 5.11 Å². The number of hydrogen-bond donors (Lipinski definition) is 1. The number of carbonyl (C=O) groups excluding carboxylic acids is 1. The first kappa shape index (κ1) is 11.4. The van der Waals surface area contributed by atoms with Crippen LogP contribution in [0.25, 0.3) is 0 Å². The Morgan fingerprint density at radius 2 is 2.47 bits per heavy atom. The molecule has 1 saturated heterocycles. The molecular formula is C11H13N3O3. The molecule has 1 unspecified atom stereocenters. The molecule has 0 aromatic carbocycles. The molecule has 0 spiro atoms. The van der Waals surface area contributed by atoms with Crippen LogP contribution in [0.4, 0.5) is 5.69 Å². The van der Waals surface area contributed by atoms with Crippen LogP contribution >= 0.6 is 0 Å². The summed E-state index contributed by atoms with van der Waals surface area (Å²) >= 11 is 0. The SMILES string of the molecule is C=CC1CC(=O)N(c2cnn(CC(=O)O)c2)C1. The highest BCUT2D eigenvalue weighted by atomic mass is 16.4. The van der Waals surface area contributed by atoms with Crippen LogP contribution in [0.2, 0.25) is 0 Å². The number of nitrogens with zero attached hydrogens (tertiary/aromatic N) is 3. The van der Waals surface area contributed by atoms with Gasteiger partial charge in [-0.2, -0.15) is 5.10 Å². The summed E-state index contributed by atoms with van der Waals surface area (Å²) in [4.78, 5) is 23.8. The van der Waals surface area contributed by atoms with Crippen LogP contribution in [0.15, 0.2) is 25.0 Å². The smallest absolute Gasteiger partial charge is 0.325 e. The summed E-state index contributed by atoms with van der Waals surface area (Å²) < 4.78 is 1.30. The quantitative estimate of drug-likeness (QED) is 0.771. The van der Waals surface area contributed by atoms with Gasteiger partial charge in [-0.15, -0.1) is 6.58 Å². The minimum atomic E-state index is -0.962. The zero-order valence-electron chi connectivity index (χ0n) is 9.24. The normalized spacial score (nSPS) is 19.6. The summed E-state index contributed by atoms with van der Waals surface area (Å²) in [6.07, 6.45) is 5.29. The van der Waals surface area contributed by atoms with E-state index < -0.39 is 5.97 Å². The molecule has 0 saturated carbocycles. The van der Waals surface area contributed by atoms with Crippen molar-refractivity contribution in [2.45, 2.75) is 13.0 Å². The van der Waals surface area contributed by atoms with Gasteiger partial charge in [-0.3, -0.25) is 14.3 Å². The second-order valence-corrected chi connectivity index (χ2v) is 3.99. The fourth-order valence-electron chi connectivity index (χ4n) is 1.86. The van der Waals surface area contributed by atoms with Gasteiger partial charge in [-0.05, 0) is 0 Å². The molecule has 2 rings (SSSR count). The van der Waals surface area contributed by atoms with Gasteiger partial charge in [0.05, 0.1) is 11.9 Å². The average Bonchev–Trinajstić information content (AvgIpc) is 2.83. The van der Waals surface area contributed by atoms with E-state index in [0.717, 1.165) is 0 Å². The van der Waals surface area contributed by atoms with Crippen molar-refractivity contribution in [3.05, 3.63) is 25.0 Å². The van der Waals surface area contributed by atoms with Crippen LogP contribution in [-0.4, -0.2) is 33.3 Å². The third-order valence-corrected chi connectivity index (χ3v) is 2.72. The molecule has 1 aliphatic rings. The molecule has 1 aromatic rings. The second kappa shape index (κ2) is 4.40. The maximum atomic E-state index is 11.7. The molecule has 0 aliphatic carbocycles. The third kappa shape index (κ3) is 2.35. The van der Waals surface area contributed by atoms with E-state index in [-0.39, 0.29) is 18.4 Å². The number of aliphatic carboxylic acids is 1. The Bertz CT molecular complexity index is 466. The van der Waals surface area contributed by atoms with Crippen LogP contribution in [0.3, 0.4) is 0 Å². The van der Waals surface area contributed by atoms with Crippen LogP contribution < -0.4 is 4.90 Å². The van der Waals surface area contributed by atoms with Crippen molar-refractivity contribution in [2.24, 2.45) is 5.92 Å². The highest BCUT2D eigenvalue weighted by Gasteiger charge is 2.29. The second-order valence-electron chi connectivity index (χ2n) is 3.99. The van der Waals surface area contributed by atoms with E-state index in [2.05, 4.69) is 11.7 Å². The van der Waals surface area contributed by atoms with Crippen molar-refractivity contribution in [3.63, 3.8) is 0 Å². The molecule has 1 amide bonds. The molecular weight excluding hydrogens is 222 g/mol. The summed E-state index contributed by atoms with van der Waals surface area (Å²) in [6.45, 7) is 4.06. The number of hydrogen-bond acceptors (Lipinski definition) is 3. The van der Waals surface area contributed by atoms with E-state index in [0.29, 0.717) is 18.7 Å².